The molecule has 0 atom stereocenters. The Balaban J connectivity index is 2.38. The van der Waals surface area contributed by atoms with E-state index in [0.29, 0.717) is 0 Å². The predicted molar refractivity (Wildman–Crippen MR) is 65.4 cm³/mol. The highest BCUT2D eigenvalue weighted by atomic mass is 16.5. The highest BCUT2D eigenvalue weighted by Crippen LogP contribution is 2.26. The monoisotopic (exact) mass is 241 g/mol. The van der Waals surface area contributed by atoms with Crippen molar-refractivity contribution >= 4 is 11.9 Å². The van der Waals surface area contributed by atoms with E-state index in [9.17, 15) is 9.59 Å². The van der Waals surface area contributed by atoms with Crippen molar-refractivity contribution < 1.29 is 14.3 Å². The lowest BCUT2D eigenvalue weighted by molar-refractivity contribution is -0.146. The van der Waals surface area contributed by atoms with Crippen LogP contribution in [0, 0.1) is 11.3 Å². The molecule has 1 aliphatic carbocycles. The predicted octanol–water partition coefficient (Wildman–Crippen LogP) is 1.88. The quantitative estimate of drug-likeness (QED) is 0.751. The summed E-state index contributed by atoms with van der Waals surface area (Å²) in [6.45, 7) is 5.72. The second-order valence-corrected chi connectivity index (χ2v) is 5.80. The van der Waals surface area contributed by atoms with Gasteiger partial charge >= 0.3 is 5.97 Å². The summed E-state index contributed by atoms with van der Waals surface area (Å²) in [5.41, 5.74) is -0.348. The fourth-order valence-corrected chi connectivity index (χ4v) is 2.04. The van der Waals surface area contributed by atoms with Gasteiger partial charge in [0.25, 0.3) is 0 Å². The zero-order valence-electron chi connectivity index (χ0n) is 11.2. The highest BCUT2D eigenvalue weighted by Gasteiger charge is 2.30. The molecule has 1 saturated carbocycles. The summed E-state index contributed by atoms with van der Waals surface area (Å²) in [7, 11) is 1.43. The summed E-state index contributed by atoms with van der Waals surface area (Å²) in [6, 6.07) is 0.211. The molecule has 4 heteroatoms. The Kier molecular flexibility index (Phi) is 4.54. The van der Waals surface area contributed by atoms with Gasteiger partial charge in [-0.25, -0.2) is 0 Å². The van der Waals surface area contributed by atoms with Gasteiger partial charge in [0.2, 0.25) is 5.91 Å². The molecule has 1 aliphatic rings. The third-order valence-corrected chi connectivity index (χ3v) is 3.28. The molecule has 1 rings (SSSR count). The average molecular weight is 241 g/mol. The average Bonchev–Trinajstić information content (AvgIpc) is 2.27. The number of hydrogen-bond acceptors (Lipinski definition) is 3. The van der Waals surface area contributed by atoms with Crippen LogP contribution in [0.25, 0.3) is 0 Å². The van der Waals surface area contributed by atoms with Gasteiger partial charge in [0.05, 0.1) is 13.0 Å². The minimum Gasteiger partial charge on any atom is -0.469 e. The third kappa shape index (κ3) is 4.02. The Morgan fingerprint density at radius 2 is 1.65 bits per heavy atom. The van der Waals surface area contributed by atoms with Gasteiger partial charge in [0.1, 0.15) is 0 Å². The molecule has 0 heterocycles. The van der Waals surface area contributed by atoms with E-state index in [4.69, 9.17) is 4.74 Å². The maximum Gasteiger partial charge on any atom is 0.308 e. The van der Waals surface area contributed by atoms with E-state index < -0.39 is 0 Å². The van der Waals surface area contributed by atoms with E-state index in [1.165, 1.54) is 7.11 Å². The number of amides is 1. The molecule has 0 aromatic heterocycles. The first-order valence-electron chi connectivity index (χ1n) is 6.23. The zero-order valence-corrected chi connectivity index (χ0v) is 11.2. The third-order valence-electron chi connectivity index (χ3n) is 3.28. The van der Waals surface area contributed by atoms with Crippen molar-refractivity contribution in [3.8, 4) is 0 Å². The van der Waals surface area contributed by atoms with Crippen LogP contribution in [-0.2, 0) is 14.3 Å². The Morgan fingerprint density at radius 1 is 1.12 bits per heavy atom. The molecule has 1 fully saturated rings. The van der Waals surface area contributed by atoms with E-state index >= 15 is 0 Å². The topological polar surface area (TPSA) is 55.4 Å². The molecule has 0 aromatic carbocycles. The number of methoxy groups -OCH3 is 1. The Hall–Kier alpha value is -1.06. The first kappa shape index (κ1) is 14.0. The van der Waals surface area contributed by atoms with E-state index in [1.54, 1.807) is 0 Å². The summed E-state index contributed by atoms with van der Waals surface area (Å²) in [5.74, 6) is -0.0209. The summed E-state index contributed by atoms with van der Waals surface area (Å²) in [6.07, 6.45) is 3.34. The lowest BCUT2D eigenvalue weighted by atomic mass is 9.85. The first-order valence-corrected chi connectivity index (χ1v) is 6.23. The number of esters is 1. The molecule has 4 nitrogen and oxygen atoms in total. The van der Waals surface area contributed by atoms with Crippen LogP contribution >= 0.6 is 0 Å². The molecule has 1 N–H and O–H groups in total. The van der Waals surface area contributed by atoms with Crippen LogP contribution in [0.3, 0.4) is 0 Å². The molecule has 0 bridgehead atoms. The molecule has 0 spiro atoms. The van der Waals surface area contributed by atoms with Crippen LogP contribution in [0.4, 0.5) is 0 Å². The first-order chi connectivity index (χ1) is 7.84. The van der Waals surface area contributed by atoms with Crippen molar-refractivity contribution in [2.24, 2.45) is 11.3 Å². The Labute approximate surface area is 103 Å². The number of carbonyl (C=O) groups excluding carboxylic acids is 2. The fraction of sp³-hybridized carbons (Fsp3) is 0.846. The number of carbonyl (C=O) groups is 2. The molecular formula is C13H23NO3. The highest BCUT2D eigenvalue weighted by molar-refractivity contribution is 5.81. The molecule has 0 radical (unpaired) electrons. The molecular weight excluding hydrogens is 218 g/mol. The minimum absolute atomic E-state index is 0.0165. The second-order valence-electron chi connectivity index (χ2n) is 5.80. The molecule has 0 aliphatic heterocycles. The van der Waals surface area contributed by atoms with Crippen molar-refractivity contribution in [3.05, 3.63) is 0 Å². The summed E-state index contributed by atoms with van der Waals surface area (Å²) >= 11 is 0. The van der Waals surface area contributed by atoms with Crippen LogP contribution in [0.5, 0.6) is 0 Å². The van der Waals surface area contributed by atoms with Crippen molar-refractivity contribution in [2.75, 3.05) is 7.11 Å². The van der Waals surface area contributed by atoms with Gasteiger partial charge in [-0.2, -0.15) is 0 Å². The number of hydrogen-bond donors (Lipinski definition) is 1. The molecule has 0 unspecified atom stereocenters. The summed E-state index contributed by atoms with van der Waals surface area (Å²) < 4.78 is 4.73. The van der Waals surface area contributed by atoms with Crippen LogP contribution in [0.15, 0.2) is 0 Å². The Bertz CT molecular complexity index is 286. The van der Waals surface area contributed by atoms with Gasteiger partial charge in [0.15, 0.2) is 0 Å². The SMILES string of the molecule is COC(=O)C1CCC(NC(=O)C(C)(C)C)CC1. The molecule has 0 aromatic rings. The van der Waals surface area contributed by atoms with Gasteiger partial charge in [-0.1, -0.05) is 20.8 Å². The normalized spacial score (nSPS) is 25.2. The van der Waals surface area contributed by atoms with Crippen LogP contribution in [0.2, 0.25) is 0 Å². The molecule has 1 amide bonds. The van der Waals surface area contributed by atoms with E-state index in [2.05, 4.69) is 5.32 Å². The number of ether oxygens (including phenoxy) is 1. The number of nitrogens with one attached hydrogen (secondary N) is 1. The smallest absolute Gasteiger partial charge is 0.308 e. The standard InChI is InChI=1S/C13H23NO3/c1-13(2,3)12(16)14-10-7-5-9(6-8-10)11(15)17-4/h9-10H,5-8H2,1-4H3,(H,14,16). The van der Waals surface area contributed by atoms with Crippen molar-refractivity contribution in [3.63, 3.8) is 0 Å². The fourth-order valence-electron chi connectivity index (χ4n) is 2.04. The van der Waals surface area contributed by atoms with Gasteiger partial charge < -0.3 is 10.1 Å². The van der Waals surface area contributed by atoms with Gasteiger partial charge in [0, 0.05) is 11.5 Å². The Morgan fingerprint density at radius 3 is 2.06 bits per heavy atom. The van der Waals surface area contributed by atoms with Crippen LogP contribution in [-0.4, -0.2) is 25.0 Å². The van der Waals surface area contributed by atoms with Crippen molar-refractivity contribution in [2.45, 2.75) is 52.5 Å². The van der Waals surface area contributed by atoms with E-state index in [1.807, 2.05) is 20.8 Å². The largest absolute Gasteiger partial charge is 0.469 e. The van der Waals surface area contributed by atoms with Crippen molar-refractivity contribution in [1.29, 1.82) is 0 Å². The molecule has 17 heavy (non-hydrogen) atoms. The van der Waals surface area contributed by atoms with E-state index in [-0.39, 0.29) is 29.3 Å². The van der Waals surface area contributed by atoms with Crippen LogP contribution < -0.4 is 5.32 Å². The lowest BCUT2D eigenvalue weighted by Crippen LogP contribution is -2.43. The zero-order chi connectivity index (χ0) is 13.1. The number of rotatable bonds is 2. The van der Waals surface area contributed by atoms with E-state index in [0.717, 1.165) is 25.7 Å². The lowest BCUT2D eigenvalue weighted by Gasteiger charge is -2.30. The maximum atomic E-state index is 11.8. The van der Waals surface area contributed by atoms with Crippen molar-refractivity contribution in [1.82, 2.24) is 5.32 Å². The molecule has 0 saturated heterocycles. The second kappa shape index (κ2) is 5.52. The van der Waals surface area contributed by atoms with Gasteiger partial charge in [-0.3, -0.25) is 9.59 Å². The van der Waals surface area contributed by atoms with Gasteiger partial charge in [-0.05, 0) is 25.7 Å². The minimum atomic E-state index is -0.348. The van der Waals surface area contributed by atoms with Gasteiger partial charge in [-0.15, -0.1) is 0 Å². The van der Waals surface area contributed by atoms with Crippen LogP contribution in [0.1, 0.15) is 46.5 Å². The molecule has 98 valence electrons. The summed E-state index contributed by atoms with van der Waals surface area (Å²) in [4.78, 5) is 23.1. The maximum absolute atomic E-state index is 11.8. The summed E-state index contributed by atoms with van der Waals surface area (Å²) in [5, 5.41) is 3.05.